The smallest absolute Gasteiger partial charge is 0.414 e. The number of rotatable bonds is 1. The molecule has 0 bridgehead atoms. The molecule has 3 N–H and O–H groups in total. The molecule has 1 saturated heterocycles. The summed E-state index contributed by atoms with van der Waals surface area (Å²) in [4.78, 5) is 18.2. The maximum absolute atomic E-state index is 9.10. The zero-order valence-corrected chi connectivity index (χ0v) is 11.8. The molecule has 1 aromatic rings. The summed E-state index contributed by atoms with van der Waals surface area (Å²) in [6.07, 6.45) is 0.0694. The summed E-state index contributed by atoms with van der Waals surface area (Å²) >= 11 is 11.8. The molecular weight excluding hydrogens is 309 g/mol. The van der Waals surface area contributed by atoms with Gasteiger partial charge in [0.2, 0.25) is 0 Å². The van der Waals surface area contributed by atoms with Crippen LogP contribution in [0.4, 0.5) is 0 Å². The number of hydrogen-bond donors (Lipinski definition) is 3. The molecule has 1 atom stereocenters. The summed E-state index contributed by atoms with van der Waals surface area (Å²) in [5.41, 5.74) is 1.04. The quantitative estimate of drug-likeness (QED) is 0.683. The molecule has 8 heteroatoms. The first-order valence-electron chi connectivity index (χ1n) is 5.64. The molecule has 0 radical (unpaired) electrons. The van der Waals surface area contributed by atoms with Crippen molar-refractivity contribution in [2.24, 2.45) is 0 Å². The molecule has 0 saturated carbocycles. The van der Waals surface area contributed by atoms with Gasteiger partial charge in [-0.1, -0.05) is 23.2 Å². The molecule has 0 amide bonds. The highest BCUT2D eigenvalue weighted by atomic mass is 35.5. The van der Waals surface area contributed by atoms with Crippen LogP contribution in [-0.2, 0) is 14.3 Å². The van der Waals surface area contributed by atoms with Gasteiger partial charge in [-0.15, -0.1) is 0 Å². The van der Waals surface area contributed by atoms with E-state index in [1.807, 2.05) is 12.1 Å². The van der Waals surface area contributed by atoms with Crippen LogP contribution < -0.4 is 5.32 Å². The fourth-order valence-corrected chi connectivity index (χ4v) is 2.08. The van der Waals surface area contributed by atoms with E-state index in [1.54, 1.807) is 6.07 Å². The molecule has 6 nitrogen and oxygen atoms in total. The summed E-state index contributed by atoms with van der Waals surface area (Å²) in [6, 6.07) is 5.51. The van der Waals surface area contributed by atoms with E-state index in [0.29, 0.717) is 10.0 Å². The predicted molar refractivity (Wildman–Crippen MR) is 73.3 cm³/mol. The van der Waals surface area contributed by atoms with Gasteiger partial charge in [0.1, 0.15) is 0 Å². The van der Waals surface area contributed by atoms with Crippen LogP contribution in [0.25, 0.3) is 0 Å². The van der Waals surface area contributed by atoms with E-state index in [2.05, 4.69) is 5.32 Å². The fourth-order valence-electron chi connectivity index (χ4n) is 1.54. The van der Waals surface area contributed by atoms with Gasteiger partial charge in [-0.05, 0) is 23.8 Å². The van der Waals surface area contributed by atoms with Gasteiger partial charge in [0.15, 0.2) is 0 Å². The van der Waals surface area contributed by atoms with Crippen molar-refractivity contribution in [2.75, 3.05) is 19.7 Å². The molecule has 1 fully saturated rings. The number of carboxylic acid groups (broad SMARTS) is 2. The fraction of sp³-hybridized carbons (Fsp3) is 0.333. The standard InChI is InChI=1S/C10H11Cl2NO.C2H2O4/c11-8-3-7(4-9(12)5-8)10-6-13-1-2-14-10;3-1(4)2(5)6/h3-5,10,13H,1-2,6H2;(H,3,4)(H,5,6). The third-order valence-electron chi connectivity index (χ3n) is 2.37. The van der Waals surface area contributed by atoms with Crippen molar-refractivity contribution in [3.8, 4) is 0 Å². The van der Waals surface area contributed by atoms with Crippen molar-refractivity contribution >= 4 is 35.1 Å². The van der Waals surface area contributed by atoms with E-state index in [4.69, 9.17) is 47.7 Å². The van der Waals surface area contributed by atoms with Gasteiger partial charge in [-0.3, -0.25) is 0 Å². The van der Waals surface area contributed by atoms with E-state index in [0.717, 1.165) is 25.3 Å². The van der Waals surface area contributed by atoms with E-state index < -0.39 is 11.9 Å². The lowest BCUT2D eigenvalue weighted by atomic mass is 10.1. The Kier molecular flexibility index (Phi) is 6.74. The van der Waals surface area contributed by atoms with Crippen molar-refractivity contribution in [1.29, 1.82) is 0 Å². The van der Waals surface area contributed by atoms with Crippen molar-refractivity contribution < 1.29 is 24.5 Å². The van der Waals surface area contributed by atoms with E-state index in [-0.39, 0.29) is 6.10 Å². The number of aliphatic carboxylic acids is 2. The van der Waals surface area contributed by atoms with Gasteiger partial charge in [0.05, 0.1) is 12.7 Å². The number of ether oxygens (including phenoxy) is 1. The topological polar surface area (TPSA) is 95.9 Å². The van der Waals surface area contributed by atoms with Gasteiger partial charge in [-0.25, -0.2) is 9.59 Å². The molecule has 2 rings (SSSR count). The zero-order valence-electron chi connectivity index (χ0n) is 10.3. The van der Waals surface area contributed by atoms with Crippen LogP contribution in [0.15, 0.2) is 18.2 Å². The van der Waals surface area contributed by atoms with E-state index in [9.17, 15) is 0 Å². The molecule has 1 heterocycles. The molecule has 0 aromatic heterocycles. The van der Waals surface area contributed by atoms with Crippen molar-refractivity contribution in [1.82, 2.24) is 5.32 Å². The lowest BCUT2D eigenvalue weighted by Gasteiger charge is -2.24. The number of benzene rings is 1. The van der Waals surface area contributed by atoms with E-state index in [1.165, 1.54) is 0 Å². The van der Waals surface area contributed by atoms with Gasteiger partial charge in [0, 0.05) is 23.1 Å². The Morgan fingerprint density at radius 2 is 1.70 bits per heavy atom. The van der Waals surface area contributed by atoms with Gasteiger partial charge >= 0.3 is 11.9 Å². The normalized spacial score (nSPS) is 17.8. The first-order chi connectivity index (χ1) is 9.40. The highest BCUT2D eigenvalue weighted by Crippen LogP contribution is 2.26. The summed E-state index contributed by atoms with van der Waals surface area (Å²) < 4.78 is 5.59. The second-order valence-corrected chi connectivity index (χ2v) is 4.75. The third kappa shape index (κ3) is 5.75. The zero-order chi connectivity index (χ0) is 15.1. The minimum Gasteiger partial charge on any atom is -0.473 e. The highest BCUT2D eigenvalue weighted by Gasteiger charge is 2.16. The maximum Gasteiger partial charge on any atom is 0.414 e. The number of halogens is 2. The Morgan fingerprint density at radius 1 is 1.15 bits per heavy atom. The minimum atomic E-state index is -1.82. The van der Waals surface area contributed by atoms with Crippen LogP contribution in [0.3, 0.4) is 0 Å². The van der Waals surface area contributed by atoms with Crippen LogP contribution in [-0.4, -0.2) is 41.8 Å². The number of nitrogens with one attached hydrogen (secondary N) is 1. The summed E-state index contributed by atoms with van der Waals surface area (Å²) in [5.74, 6) is -3.65. The van der Waals surface area contributed by atoms with Gasteiger partial charge in [-0.2, -0.15) is 0 Å². The van der Waals surface area contributed by atoms with E-state index >= 15 is 0 Å². The predicted octanol–water partition coefficient (Wildman–Crippen LogP) is 1.81. The number of carbonyl (C=O) groups is 2. The monoisotopic (exact) mass is 321 g/mol. The maximum atomic E-state index is 9.10. The van der Waals surface area contributed by atoms with Crippen molar-refractivity contribution in [3.63, 3.8) is 0 Å². The lowest BCUT2D eigenvalue weighted by Crippen LogP contribution is -2.33. The lowest BCUT2D eigenvalue weighted by molar-refractivity contribution is -0.159. The Morgan fingerprint density at radius 3 is 2.10 bits per heavy atom. The summed E-state index contributed by atoms with van der Waals surface area (Å²) in [5, 5.41) is 19.4. The first kappa shape index (κ1) is 16.7. The van der Waals surface area contributed by atoms with Gasteiger partial charge < -0.3 is 20.3 Å². The van der Waals surface area contributed by atoms with Crippen molar-refractivity contribution in [2.45, 2.75) is 6.10 Å². The number of morpholine rings is 1. The number of hydrogen-bond acceptors (Lipinski definition) is 4. The third-order valence-corrected chi connectivity index (χ3v) is 2.80. The van der Waals surface area contributed by atoms with Crippen LogP contribution >= 0.6 is 23.2 Å². The minimum absolute atomic E-state index is 0.0694. The molecule has 110 valence electrons. The second kappa shape index (κ2) is 8.06. The van der Waals surface area contributed by atoms with Crippen LogP contribution in [0.5, 0.6) is 0 Å². The van der Waals surface area contributed by atoms with Gasteiger partial charge in [0.25, 0.3) is 0 Å². The molecular formula is C12H13Cl2NO5. The molecule has 1 aliphatic heterocycles. The molecule has 20 heavy (non-hydrogen) atoms. The molecule has 1 aliphatic rings. The molecule has 0 aliphatic carbocycles. The summed E-state index contributed by atoms with van der Waals surface area (Å²) in [6.45, 7) is 2.45. The van der Waals surface area contributed by atoms with Crippen LogP contribution in [0, 0.1) is 0 Å². The average molecular weight is 322 g/mol. The Bertz CT molecular complexity index is 456. The first-order valence-corrected chi connectivity index (χ1v) is 6.40. The number of carboxylic acids is 2. The Hall–Kier alpha value is -1.34. The Balaban J connectivity index is 0.000000286. The molecule has 1 unspecified atom stereocenters. The van der Waals surface area contributed by atoms with Crippen LogP contribution in [0.2, 0.25) is 10.0 Å². The van der Waals surface area contributed by atoms with Crippen molar-refractivity contribution in [3.05, 3.63) is 33.8 Å². The van der Waals surface area contributed by atoms with Crippen LogP contribution in [0.1, 0.15) is 11.7 Å². The molecule has 0 spiro atoms. The Labute approximate surface area is 125 Å². The second-order valence-electron chi connectivity index (χ2n) is 3.88. The largest absolute Gasteiger partial charge is 0.473 e. The molecule has 1 aromatic carbocycles. The summed E-state index contributed by atoms with van der Waals surface area (Å²) in [7, 11) is 0. The highest BCUT2D eigenvalue weighted by molar-refractivity contribution is 6.34. The SMILES string of the molecule is Clc1cc(Cl)cc(C2CNCCO2)c1.O=C(O)C(=O)O. The average Bonchev–Trinajstić information content (AvgIpc) is 2.39.